The maximum absolute atomic E-state index is 13.0. The van der Waals surface area contributed by atoms with Crippen molar-refractivity contribution in [2.45, 2.75) is 6.54 Å². The fourth-order valence-electron chi connectivity index (χ4n) is 4.05. The van der Waals surface area contributed by atoms with Crippen molar-refractivity contribution < 1.29 is 14.8 Å². The van der Waals surface area contributed by atoms with E-state index in [1.165, 1.54) is 29.4 Å². The number of hydrogen-bond donors (Lipinski definition) is 2. The monoisotopic (exact) mass is 468 g/mol. The fraction of sp³-hybridized carbons (Fsp3) is 0.179. The second-order valence-electron chi connectivity index (χ2n) is 8.25. The molecule has 7 nitrogen and oxygen atoms in total. The minimum atomic E-state index is -0.638. The molecule has 0 bridgehead atoms. The van der Waals surface area contributed by atoms with Crippen LogP contribution in [-0.4, -0.2) is 53.0 Å². The van der Waals surface area contributed by atoms with E-state index >= 15 is 0 Å². The molecule has 2 heterocycles. The van der Waals surface area contributed by atoms with Gasteiger partial charge in [-0.05, 0) is 48.1 Å². The van der Waals surface area contributed by atoms with Crippen molar-refractivity contribution in [3.8, 4) is 0 Å². The SMILES string of the molecule is O=C(/C=C/c1cccc(/C=C/C(=O)c2ccccc2CN2CCN(c3ccccc3)CC2)n1)NO. The van der Waals surface area contributed by atoms with E-state index in [1.54, 1.807) is 24.3 Å². The number of nitrogens with zero attached hydrogens (tertiary/aromatic N) is 3. The normalized spacial score (nSPS) is 14.5. The van der Waals surface area contributed by atoms with Crippen LogP contribution in [0.1, 0.15) is 27.3 Å². The van der Waals surface area contributed by atoms with E-state index in [2.05, 4.69) is 39.0 Å². The summed E-state index contributed by atoms with van der Waals surface area (Å²) < 4.78 is 0. The molecule has 1 aromatic heterocycles. The van der Waals surface area contributed by atoms with E-state index < -0.39 is 5.91 Å². The van der Waals surface area contributed by atoms with Crippen LogP contribution in [0, 0.1) is 0 Å². The highest BCUT2D eigenvalue weighted by Gasteiger charge is 2.19. The number of allylic oxidation sites excluding steroid dienone is 1. The van der Waals surface area contributed by atoms with Gasteiger partial charge in [-0.1, -0.05) is 48.5 Å². The highest BCUT2D eigenvalue weighted by Crippen LogP contribution is 2.19. The second kappa shape index (κ2) is 11.9. The topological polar surface area (TPSA) is 85.8 Å². The second-order valence-corrected chi connectivity index (χ2v) is 8.25. The fourth-order valence-corrected chi connectivity index (χ4v) is 4.05. The number of hydrogen-bond acceptors (Lipinski definition) is 6. The number of amides is 1. The molecule has 35 heavy (non-hydrogen) atoms. The average molecular weight is 469 g/mol. The Bertz CT molecular complexity index is 1220. The van der Waals surface area contributed by atoms with E-state index in [1.807, 2.05) is 30.3 Å². The zero-order valence-electron chi connectivity index (χ0n) is 19.4. The minimum Gasteiger partial charge on any atom is -0.369 e. The maximum Gasteiger partial charge on any atom is 0.267 e. The number of piperazine rings is 1. The molecule has 4 rings (SSSR count). The lowest BCUT2D eigenvalue weighted by molar-refractivity contribution is -0.124. The van der Waals surface area contributed by atoms with Gasteiger partial charge in [-0.25, -0.2) is 10.5 Å². The molecule has 0 aliphatic carbocycles. The van der Waals surface area contributed by atoms with Gasteiger partial charge in [0, 0.05) is 50.1 Å². The molecule has 0 saturated carbocycles. The lowest BCUT2D eigenvalue weighted by atomic mass is 10.0. The van der Waals surface area contributed by atoms with Crippen LogP contribution < -0.4 is 10.4 Å². The van der Waals surface area contributed by atoms with Crippen molar-refractivity contribution in [1.82, 2.24) is 15.4 Å². The standard InChI is InChI=1S/C28H28N4O3/c33-27(15-13-23-8-6-9-24(29-23)14-16-28(34)30-35)26-12-5-4-7-22(26)21-31-17-19-32(20-18-31)25-10-2-1-3-11-25/h1-16,35H,17-21H2,(H,30,34)/b15-13+,16-14+. The highest BCUT2D eigenvalue weighted by atomic mass is 16.5. The Kier molecular flexibility index (Phi) is 8.17. The third kappa shape index (κ3) is 6.72. The van der Waals surface area contributed by atoms with Gasteiger partial charge < -0.3 is 4.90 Å². The summed E-state index contributed by atoms with van der Waals surface area (Å²) in [4.78, 5) is 33.3. The Hall–Kier alpha value is -4.07. The number of pyridine rings is 1. The first-order valence-corrected chi connectivity index (χ1v) is 11.5. The lowest BCUT2D eigenvalue weighted by Crippen LogP contribution is -2.46. The van der Waals surface area contributed by atoms with Crippen LogP contribution in [0.3, 0.4) is 0 Å². The molecule has 0 unspecified atom stereocenters. The predicted octanol–water partition coefficient (Wildman–Crippen LogP) is 3.82. The summed E-state index contributed by atoms with van der Waals surface area (Å²) in [6, 6.07) is 23.5. The van der Waals surface area contributed by atoms with Crippen LogP contribution in [0.15, 0.2) is 84.9 Å². The van der Waals surface area contributed by atoms with Crippen LogP contribution >= 0.6 is 0 Å². The van der Waals surface area contributed by atoms with Gasteiger partial charge in [-0.3, -0.25) is 19.7 Å². The van der Waals surface area contributed by atoms with Gasteiger partial charge >= 0.3 is 0 Å². The molecule has 0 radical (unpaired) electrons. The molecule has 1 aliphatic heterocycles. The molecule has 2 N–H and O–H groups in total. The van der Waals surface area contributed by atoms with Crippen LogP contribution in [0.5, 0.6) is 0 Å². The van der Waals surface area contributed by atoms with Gasteiger partial charge in [-0.2, -0.15) is 0 Å². The third-order valence-electron chi connectivity index (χ3n) is 5.88. The summed E-state index contributed by atoms with van der Waals surface area (Å²) in [6.07, 6.45) is 5.86. The smallest absolute Gasteiger partial charge is 0.267 e. The van der Waals surface area contributed by atoms with Gasteiger partial charge in [0.25, 0.3) is 5.91 Å². The summed E-state index contributed by atoms with van der Waals surface area (Å²) in [6.45, 7) is 4.51. The number of anilines is 1. The third-order valence-corrected chi connectivity index (χ3v) is 5.88. The number of benzene rings is 2. The van der Waals surface area contributed by atoms with Crippen molar-refractivity contribution in [3.63, 3.8) is 0 Å². The summed E-state index contributed by atoms with van der Waals surface area (Å²) in [5.74, 6) is -0.716. The molecule has 178 valence electrons. The van der Waals surface area contributed by atoms with Gasteiger partial charge in [-0.15, -0.1) is 0 Å². The van der Waals surface area contributed by atoms with Crippen molar-refractivity contribution in [2.24, 2.45) is 0 Å². The Morgan fingerprint density at radius 3 is 2.20 bits per heavy atom. The van der Waals surface area contributed by atoms with Crippen LogP contribution in [0.4, 0.5) is 5.69 Å². The van der Waals surface area contributed by atoms with E-state index in [9.17, 15) is 9.59 Å². The van der Waals surface area contributed by atoms with Gasteiger partial charge in [0.1, 0.15) is 0 Å². The molecular formula is C28H28N4O3. The predicted molar refractivity (Wildman–Crippen MR) is 137 cm³/mol. The Balaban J connectivity index is 1.39. The molecule has 0 atom stereocenters. The van der Waals surface area contributed by atoms with E-state index in [-0.39, 0.29) is 5.78 Å². The molecule has 1 amide bonds. The largest absolute Gasteiger partial charge is 0.369 e. The van der Waals surface area contributed by atoms with E-state index in [0.717, 1.165) is 38.3 Å². The summed E-state index contributed by atoms with van der Waals surface area (Å²) in [5, 5.41) is 8.58. The average Bonchev–Trinajstić information content (AvgIpc) is 2.92. The molecule has 3 aromatic rings. The number of nitrogens with one attached hydrogen (secondary N) is 1. The highest BCUT2D eigenvalue weighted by molar-refractivity contribution is 6.07. The molecule has 1 fully saturated rings. The van der Waals surface area contributed by atoms with Crippen molar-refractivity contribution in [3.05, 3.63) is 107 Å². The molecule has 0 spiro atoms. The summed E-state index contributed by atoms with van der Waals surface area (Å²) >= 11 is 0. The minimum absolute atomic E-state index is 0.0778. The van der Waals surface area contributed by atoms with Gasteiger partial charge in [0.15, 0.2) is 5.78 Å². The lowest BCUT2D eigenvalue weighted by Gasteiger charge is -2.36. The van der Waals surface area contributed by atoms with Gasteiger partial charge in [0.05, 0.1) is 11.4 Å². The number of carbonyl (C=O) groups excluding carboxylic acids is 2. The number of para-hydroxylation sites is 1. The summed E-state index contributed by atoms with van der Waals surface area (Å²) in [7, 11) is 0. The summed E-state index contributed by atoms with van der Waals surface area (Å²) in [5.41, 5.74) is 5.61. The first-order valence-electron chi connectivity index (χ1n) is 11.5. The molecular weight excluding hydrogens is 440 g/mol. The number of carbonyl (C=O) groups is 2. The van der Waals surface area contributed by atoms with Crippen LogP contribution in [-0.2, 0) is 11.3 Å². The Morgan fingerprint density at radius 1 is 0.829 bits per heavy atom. The van der Waals surface area contributed by atoms with Crippen molar-refractivity contribution in [1.29, 1.82) is 0 Å². The van der Waals surface area contributed by atoms with Crippen molar-refractivity contribution in [2.75, 3.05) is 31.1 Å². The molecule has 2 aromatic carbocycles. The van der Waals surface area contributed by atoms with E-state index in [0.29, 0.717) is 17.0 Å². The number of aromatic nitrogens is 1. The Morgan fingerprint density at radius 2 is 1.49 bits per heavy atom. The van der Waals surface area contributed by atoms with Crippen LogP contribution in [0.2, 0.25) is 0 Å². The zero-order chi connectivity index (χ0) is 24.5. The zero-order valence-corrected chi connectivity index (χ0v) is 19.4. The first kappa shape index (κ1) is 24.1. The maximum atomic E-state index is 13.0. The number of hydroxylamine groups is 1. The first-order chi connectivity index (χ1) is 17.1. The van der Waals surface area contributed by atoms with E-state index in [4.69, 9.17) is 5.21 Å². The number of rotatable bonds is 8. The van der Waals surface area contributed by atoms with Gasteiger partial charge in [0.2, 0.25) is 0 Å². The molecule has 1 saturated heterocycles. The number of ketones is 1. The quantitative estimate of drug-likeness (QED) is 0.226. The van der Waals surface area contributed by atoms with Crippen LogP contribution in [0.25, 0.3) is 12.2 Å². The van der Waals surface area contributed by atoms with Crippen molar-refractivity contribution >= 4 is 29.5 Å². The Labute approximate surface area is 205 Å². The molecule has 7 heteroatoms. The molecule has 1 aliphatic rings.